The number of aryl methyl sites for hydroxylation is 1. The molecule has 0 unspecified atom stereocenters. The molecule has 6 nitrogen and oxygen atoms in total. The van der Waals surface area contributed by atoms with Crippen LogP contribution in [0.5, 0.6) is 11.5 Å². The molecule has 134 valence electrons. The van der Waals surface area contributed by atoms with Crippen LogP contribution in [0.1, 0.15) is 17.0 Å². The van der Waals surface area contributed by atoms with Gasteiger partial charge in [0.25, 0.3) is 0 Å². The molecule has 0 fully saturated rings. The Morgan fingerprint density at radius 2 is 1.88 bits per heavy atom. The highest BCUT2D eigenvalue weighted by Crippen LogP contribution is 2.24. The average Bonchev–Trinajstić information content (AvgIpc) is 3.05. The summed E-state index contributed by atoms with van der Waals surface area (Å²) in [4.78, 5) is 0. The summed E-state index contributed by atoms with van der Waals surface area (Å²) in [6.45, 7) is 1.88. The van der Waals surface area contributed by atoms with Gasteiger partial charge in [-0.15, -0.1) is 10.2 Å². The number of aromatic nitrogens is 3. The van der Waals surface area contributed by atoms with E-state index in [2.05, 4.69) is 27.4 Å². The van der Waals surface area contributed by atoms with Crippen LogP contribution in [0, 0.1) is 6.92 Å². The van der Waals surface area contributed by atoms with Crippen molar-refractivity contribution in [3.8, 4) is 11.5 Å². The molecule has 0 amide bonds. The van der Waals surface area contributed by atoms with Crippen molar-refractivity contribution in [2.75, 3.05) is 14.2 Å². The predicted octanol–water partition coefficient (Wildman–Crippen LogP) is 3.78. The largest absolute Gasteiger partial charge is 0.497 e. The number of ether oxygens (including phenoxy) is 2. The highest BCUT2D eigenvalue weighted by atomic mass is 32.2. The smallest absolute Gasteiger partial charge is 0.212 e. The third-order valence-corrected chi connectivity index (χ3v) is 4.72. The Morgan fingerprint density at radius 1 is 1.08 bits per heavy atom. The monoisotopic (exact) mass is 368 g/mol. The Balaban J connectivity index is 1.79. The lowest BCUT2D eigenvalue weighted by Crippen LogP contribution is -1.98. The Morgan fingerprint density at radius 3 is 2.62 bits per heavy atom. The van der Waals surface area contributed by atoms with Crippen molar-refractivity contribution in [3.05, 3.63) is 65.5 Å². The minimum Gasteiger partial charge on any atom is -0.497 e. The molecule has 0 atom stereocenters. The molecule has 0 aliphatic carbocycles. The molecule has 0 N–H and O–H groups in total. The van der Waals surface area contributed by atoms with E-state index in [-0.39, 0.29) is 0 Å². The number of thioether (sulfide) groups is 1. The second-order valence-electron chi connectivity index (χ2n) is 5.47. The van der Waals surface area contributed by atoms with Crippen molar-refractivity contribution in [2.45, 2.75) is 17.8 Å². The number of rotatable bonds is 7. The molecule has 0 aliphatic heterocycles. The lowest BCUT2D eigenvalue weighted by atomic mass is 10.2. The Kier molecular flexibility index (Phi) is 5.91. The number of methoxy groups -OCH3 is 2. The Bertz CT molecular complexity index is 894. The minimum absolute atomic E-state index is 0.692. The quantitative estimate of drug-likeness (QED) is 0.469. The second kappa shape index (κ2) is 8.53. The third-order valence-electron chi connectivity index (χ3n) is 3.73. The summed E-state index contributed by atoms with van der Waals surface area (Å²) in [7, 11) is 3.25. The SMILES string of the molecule is COc1ccc(/C=N/n2c(C)nnc2SCc2ccccc2)c(OC)c1. The molecule has 0 spiro atoms. The van der Waals surface area contributed by atoms with Crippen LogP contribution < -0.4 is 9.47 Å². The van der Waals surface area contributed by atoms with Gasteiger partial charge >= 0.3 is 0 Å². The molecule has 0 aliphatic rings. The van der Waals surface area contributed by atoms with Crippen molar-refractivity contribution in [1.82, 2.24) is 14.9 Å². The molecule has 0 saturated heterocycles. The normalized spacial score (nSPS) is 11.0. The second-order valence-corrected chi connectivity index (χ2v) is 6.41. The standard InChI is InChI=1S/C19H20N4O2S/c1-14-21-22-19(26-13-15-7-5-4-6-8-15)23(14)20-12-16-9-10-17(24-2)11-18(16)25-3/h4-12H,13H2,1-3H3/b20-12+. The van der Waals surface area contributed by atoms with E-state index in [1.807, 2.05) is 43.3 Å². The number of benzene rings is 2. The van der Waals surface area contributed by atoms with Gasteiger partial charge in [-0.1, -0.05) is 42.1 Å². The maximum atomic E-state index is 5.41. The third kappa shape index (κ3) is 4.23. The van der Waals surface area contributed by atoms with Crippen LogP contribution in [-0.4, -0.2) is 35.3 Å². The van der Waals surface area contributed by atoms with Gasteiger partial charge in [-0.05, 0) is 24.6 Å². The highest BCUT2D eigenvalue weighted by molar-refractivity contribution is 7.98. The maximum Gasteiger partial charge on any atom is 0.212 e. The summed E-state index contributed by atoms with van der Waals surface area (Å²) in [5.41, 5.74) is 2.07. The van der Waals surface area contributed by atoms with Crippen LogP contribution >= 0.6 is 11.8 Å². The molecule has 0 saturated carbocycles. The van der Waals surface area contributed by atoms with Gasteiger partial charge in [0.2, 0.25) is 5.16 Å². The van der Waals surface area contributed by atoms with Crippen molar-refractivity contribution < 1.29 is 9.47 Å². The van der Waals surface area contributed by atoms with Gasteiger partial charge in [0.15, 0.2) is 5.82 Å². The highest BCUT2D eigenvalue weighted by Gasteiger charge is 2.09. The van der Waals surface area contributed by atoms with E-state index in [1.165, 1.54) is 5.56 Å². The molecule has 7 heteroatoms. The van der Waals surface area contributed by atoms with Crippen molar-refractivity contribution in [1.29, 1.82) is 0 Å². The average molecular weight is 368 g/mol. The molecular formula is C19H20N4O2S. The molecule has 0 bridgehead atoms. The topological polar surface area (TPSA) is 61.5 Å². The van der Waals surface area contributed by atoms with Gasteiger partial charge in [0.1, 0.15) is 11.5 Å². The summed E-state index contributed by atoms with van der Waals surface area (Å²) in [5, 5.41) is 13.6. The first kappa shape index (κ1) is 18.0. The lowest BCUT2D eigenvalue weighted by Gasteiger charge is -2.07. The van der Waals surface area contributed by atoms with Gasteiger partial charge in [-0.25, -0.2) is 0 Å². The Labute approximate surface area is 156 Å². The first-order valence-electron chi connectivity index (χ1n) is 8.06. The molecule has 2 aromatic carbocycles. The van der Waals surface area contributed by atoms with Gasteiger partial charge in [-0.2, -0.15) is 9.78 Å². The minimum atomic E-state index is 0.692. The van der Waals surface area contributed by atoms with E-state index >= 15 is 0 Å². The van der Waals surface area contributed by atoms with E-state index in [0.29, 0.717) is 5.75 Å². The first-order chi connectivity index (χ1) is 12.7. The van der Waals surface area contributed by atoms with Crippen molar-refractivity contribution in [2.24, 2.45) is 5.10 Å². The summed E-state index contributed by atoms with van der Waals surface area (Å²) in [6, 6.07) is 15.8. The molecular weight excluding hydrogens is 348 g/mol. The number of nitrogens with zero attached hydrogens (tertiary/aromatic N) is 4. The summed E-state index contributed by atoms with van der Waals surface area (Å²) < 4.78 is 12.4. The fourth-order valence-electron chi connectivity index (χ4n) is 2.33. The predicted molar refractivity (Wildman–Crippen MR) is 103 cm³/mol. The zero-order chi connectivity index (χ0) is 18.4. The lowest BCUT2D eigenvalue weighted by molar-refractivity contribution is 0.394. The van der Waals surface area contributed by atoms with E-state index < -0.39 is 0 Å². The number of hydrogen-bond donors (Lipinski definition) is 0. The van der Waals surface area contributed by atoms with Crippen molar-refractivity contribution in [3.63, 3.8) is 0 Å². The zero-order valence-electron chi connectivity index (χ0n) is 14.9. The van der Waals surface area contributed by atoms with Crippen LogP contribution in [0.4, 0.5) is 0 Å². The Hall–Kier alpha value is -2.80. The van der Waals surface area contributed by atoms with Crippen LogP contribution in [0.3, 0.4) is 0 Å². The summed E-state index contributed by atoms with van der Waals surface area (Å²) in [5.74, 6) is 2.96. The molecule has 3 aromatic rings. The van der Waals surface area contributed by atoms with Crippen LogP contribution in [0.15, 0.2) is 58.8 Å². The first-order valence-corrected chi connectivity index (χ1v) is 9.05. The summed E-state index contributed by atoms with van der Waals surface area (Å²) >= 11 is 1.60. The fraction of sp³-hybridized carbons (Fsp3) is 0.211. The molecule has 1 aromatic heterocycles. The van der Waals surface area contributed by atoms with Gasteiger partial charge in [0, 0.05) is 17.4 Å². The van der Waals surface area contributed by atoms with E-state index in [1.54, 1.807) is 36.9 Å². The molecule has 1 heterocycles. The van der Waals surface area contributed by atoms with Gasteiger partial charge < -0.3 is 9.47 Å². The molecule has 3 rings (SSSR count). The zero-order valence-corrected chi connectivity index (χ0v) is 15.7. The van der Waals surface area contributed by atoms with Gasteiger partial charge in [-0.3, -0.25) is 0 Å². The van der Waals surface area contributed by atoms with E-state index in [4.69, 9.17) is 9.47 Å². The van der Waals surface area contributed by atoms with Crippen LogP contribution in [0.2, 0.25) is 0 Å². The van der Waals surface area contributed by atoms with E-state index in [9.17, 15) is 0 Å². The van der Waals surface area contributed by atoms with Crippen molar-refractivity contribution >= 4 is 18.0 Å². The van der Waals surface area contributed by atoms with Crippen LogP contribution in [0.25, 0.3) is 0 Å². The molecule has 26 heavy (non-hydrogen) atoms. The molecule has 0 radical (unpaired) electrons. The van der Waals surface area contributed by atoms with Crippen LogP contribution in [-0.2, 0) is 5.75 Å². The van der Waals surface area contributed by atoms with Gasteiger partial charge in [0.05, 0.1) is 20.4 Å². The maximum absolute atomic E-state index is 5.41. The summed E-state index contributed by atoms with van der Waals surface area (Å²) in [6.07, 6.45) is 1.74. The fourth-order valence-corrected chi connectivity index (χ4v) is 3.22. The number of hydrogen-bond acceptors (Lipinski definition) is 6. The van der Waals surface area contributed by atoms with E-state index in [0.717, 1.165) is 28.0 Å².